The molecule has 0 spiro atoms. The fourth-order valence-corrected chi connectivity index (χ4v) is 10.3. The van der Waals surface area contributed by atoms with Crippen molar-refractivity contribution in [2.24, 2.45) is 0 Å². The predicted molar refractivity (Wildman–Crippen MR) is 253 cm³/mol. The third-order valence-electron chi connectivity index (χ3n) is 12.3. The average Bonchev–Trinajstić information content (AvgIpc) is 3.78. The van der Waals surface area contributed by atoms with Gasteiger partial charge in [-0.2, -0.15) is 0 Å². The van der Waals surface area contributed by atoms with Crippen LogP contribution in [-0.4, -0.2) is 0 Å². The Morgan fingerprint density at radius 2 is 0.814 bits per heavy atom. The highest BCUT2D eigenvalue weighted by molar-refractivity contribution is 7.25. The first-order chi connectivity index (χ1) is 29.0. The van der Waals surface area contributed by atoms with Crippen molar-refractivity contribution in [1.82, 2.24) is 0 Å². The van der Waals surface area contributed by atoms with E-state index in [9.17, 15) is 0 Å². The summed E-state index contributed by atoms with van der Waals surface area (Å²) in [6.07, 6.45) is 0. The minimum Gasteiger partial charge on any atom is -0.310 e. The molecule has 1 aromatic heterocycles. The van der Waals surface area contributed by atoms with Gasteiger partial charge in [0.05, 0.1) is 0 Å². The highest BCUT2D eigenvalue weighted by Gasteiger charge is 2.35. The molecule has 1 aliphatic carbocycles. The first-order valence-electron chi connectivity index (χ1n) is 20.4. The van der Waals surface area contributed by atoms with Crippen LogP contribution in [-0.2, 0) is 5.41 Å². The molecule has 0 aliphatic heterocycles. The fraction of sp³-hybridized carbons (Fsp3) is 0.0526. The van der Waals surface area contributed by atoms with E-state index in [-0.39, 0.29) is 5.41 Å². The van der Waals surface area contributed by atoms with E-state index in [2.05, 4.69) is 231 Å². The largest absolute Gasteiger partial charge is 0.310 e. The molecule has 0 radical (unpaired) electrons. The molecule has 1 heterocycles. The van der Waals surface area contributed by atoms with Gasteiger partial charge >= 0.3 is 0 Å². The van der Waals surface area contributed by atoms with Gasteiger partial charge in [0.15, 0.2) is 0 Å². The summed E-state index contributed by atoms with van der Waals surface area (Å²) in [6.45, 7) is 4.68. The third kappa shape index (κ3) is 6.16. The van der Waals surface area contributed by atoms with Crippen LogP contribution in [0.25, 0.3) is 75.8 Å². The molecule has 0 fully saturated rings. The minimum absolute atomic E-state index is 0.0116. The summed E-state index contributed by atoms with van der Waals surface area (Å²) in [4.78, 5) is 2.41. The van der Waals surface area contributed by atoms with Crippen LogP contribution in [0, 0.1) is 0 Å². The zero-order chi connectivity index (χ0) is 39.5. The van der Waals surface area contributed by atoms with E-state index in [0.717, 1.165) is 17.1 Å². The lowest BCUT2D eigenvalue weighted by atomic mass is 9.82. The Morgan fingerprint density at radius 3 is 1.47 bits per heavy atom. The van der Waals surface area contributed by atoms with E-state index >= 15 is 0 Å². The molecule has 0 atom stereocenters. The standard InChI is InChI=1S/C57H41NS/c1-57(2)53-19-11-9-17-49(53)51-36-42(25-31-54(51)57)40-21-27-46(28-22-40)58(48-34-44(38-13-5-3-6-14-38)33-45(35-48)39-15-7-4-8-16-39)47-29-23-41(24-30-47)43-26-32-56-52(37-43)50-18-10-12-20-55(50)59-56/h3-37H,1-2H3. The number of hydrogen-bond donors (Lipinski definition) is 0. The number of anilines is 3. The smallest absolute Gasteiger partial charge is 0.0473 e. The quantitative estimate of drug-likeness (QED) is 0.156. The fourth-order valence-electron chi connectivity index (χ4n) is 9.19. The number of nitrogens with zero attached hydrogens (tertiary/aromatic N) is 1. The zero-order valence-electron chi connectivity index (χ0n) is 33.1. The summed E-state index contributed by atoms with van der Waals surface area (Å²) in [5.74, 6) is 0. The second kappa shape index (κ2) is 14.1. The van der Waals surface area contributed by atoms with Gasteiger partial charge < -0.3 is 4.90 Å². The zero-order valence-corrected chi connectivity index (χ0v) is 33.9. The molecule has 0 saturated heterocycles. The van der Waals surface area contributed by atoms with Gasteiger partial charge in [0.1, 0.15) is 0 Å². The van der Waals surface area contributed by atoms with E-state index in [1.165, 1.54) is 86.9 Å². The highest BCUT2D eigenvalue weighted by Crippen LogP contribution is 2.50. The van der Waals surface area contributed by atoms with Crippen molar-refractivity contribution >= 4 is 48.6 Å². The Morgan fingerprint density at radius 1 is 0.322 bits per heavy atom. The average molecular weight is 772 g/mol. The first-order valence-corrected chi connectivity index (χ1v) is 21.2. The molecule has 0 bridgehead atoms. The summed E-state index contributed by atoms with van der Waals surface area (Å²) >= 11 is 1.86. The lowest BCUT2D eigenvalue weighted by Crippen LogP contribution is -2.14. The summed E-state index contributed by atoms with van der Waals surface area (Å²) in [5.41, 5.74) is 18.4. The SMILES string of the molecule is CC1(C)c2ccccc2-c2cc(-c3ccc(N(c4ccc(-c5ccc6sc7ccccc7c6c5)cc4)c4cc(-c5ccccc5)cc(-c5ccccc5)c4)cc3)ccc21. The molecule has 0 N–H and O–H groups in total. The molecule has 1 nitrogen and oxygen atoms in total. The van der Waals surface area contributed by atoms with Crippen molar-refractivity contribution in [3.8, 4) is 55.6 Å². The van der Waals surface area contributed by atoms with Gasteiger partial charge in [-0.15, -0.1) is 11.3 Å². The Hall–Kier alpha value is -7.00. The maximum atomic E-state index is 2.41. The predicted octanol–water partition coefficient (Wildman–Crippen LogP) is 16.5. The first kappa shape index (κ1) is 35.2. The van der Waals surface area contributed by atoms with E-state index < -0.39 is 0 Å². The molecular formula is C57H41NS. The molecule has 1 aliphatic rings. The topological polar surface area (TPSA) is 3.24 Å². The molecule has 0 saturated carbocycles. The molecule has 0 unspecified atom stereocenters. The molecule has 59 heavy (non-hydrogen) atoms. The monoisotopic (exact) mass is 771 g/mol. The molecule has 11 rings (SSSR count). The number of hydrogen-bond acceptors (Lipinski definition) is 2. The van der Waals surface area contributed by atoms with Crippen LogP contribution in [0.5, 0.6) is 0 Å². The van der Waals surface area contributed by atoms with Crippen LogP contribution in [0.1, 0.15) is 25.0 Å². The van der Waals surface area contributed by atoms with Gasteiger partial charge in [0.2, 0.25) is 0 Å². The van der Waals surface area contributed by atoms with Gasteiger partial charge in [0.25, 0.3) is 0 Å². The van der Waals surface area contributed by atoms with Crippen LogP contribution >= 0.6 is 11.3 Å². The number of benzene rings is 9. The molecule has 9 aromatic carbocycles. The van der Waals surface area contributed by atoms with Crippen LogP contribution in [0.15, 0.2) is 212 Å². The van der Waals surface area contributed by atoms with Gasteiger partial charge in [-0.05, 0) is 133 Å². The Labute approximate surface area is 350 Å². The maximum absolute atomic E-state index is 2.41. The van der Waals surface area contributed by atoms with Crippen molar-refractivity contribution in [2.75, 3.05) is 4.90 Å². The van der Waals surface area contributed by atoms with Gasteiger partial charge in [-0.1, -0.05) is 159 Å². The number of thiophene rings is 1. The lowest BCUT2D eigenvalue weighted by Gasteiger charge is -2.27. The highest BCUT2D eigenvalue weighted by atomic mass is 32.1. The summed E-state index contributed by atoms with van der Waals surface area (Å²) in [7, 11) is 0. The van der Waals surface area contributed by atoms with Crippen LogP contribution in [0.4, 0.5) is 17.1 Å². The van der Waals surface area contributed by atoms with E-state index in [4.69, 9.17) is 0 Å². The van der Waals surface area contributed by atoms with Crippen LogP contribution in [0.3, 0.4) is 0 Å². The Balaban J connectivity index is 1.03. The summed E-state index contributed by atoms with van der Waals surface area (Å²) in [5, 5.41) is 2.64. The number of rotatable bonds is 7. The van der Waals surface area contributed by atoms with Crippen molar-refractivity contribution in [1.29, 1.82) is 0 Å². The Bertz CT molecular complexity index is 3100. The second-order valence-corrected chi connectivity index (χ2v) is 17.3. The van der Waals surface area contributed by atoms with Crippen molar-refractivity contribution in [3.63, 3.8) is 0 Å². The summed E-state index contributed by atoms with van der Waals surface area (Å²) < 4.78 is 2.65. The van der Waals surface area contributed by atoms with Gasteiger partial charge in [-0.25, -0.2) is 0 Å². The second-order valence-electron chi connectivity index (χ2n) is 16.2. The third-order valence-corrected chi connectivity index (χ3v) is 13.4. The van der Waals surface area contributed by atoms with Crippen molar-refractivity contribution in [3.05, 3.63) is 223 Å². The lowest BCUT2D eigenvalue weighted by molar-refractivity contribution is 0.660. The molecule has 10 aromatic rings. The van der Waals surface area contributed by atoms with Crippen molar-refractivity contribution < 1.29 is 0 Å². The Kier molecular flexibility index (Phi) is 8.43. The summed E-state index contributed by atoms with van der Waals surface area (Å²) in [6, 6.07) is 78.2. The van der Waals surface area contributed by atoms with E-state index in [0.29, 0.717) is 0 Å². The van der Waals surface area contributed by atoms with E-state index in [1.54, 1.807) is 0 Å². The molecule has 2 heteroatoms. The van der Waals surface area contributed by atoms with Crippen LogP contribution < -0.4 is 4.90 Å². The number of fused-ring (bicyclic) bond motifs is 6. The van der Waals surface area contributed by atoms with E-state index in [1.807, 2.05) is 11.3 Å². The molecule has 0 amide bonds. The normalized spacial score (nSPS) is 12.7. The van der Waals surface area contributed by atoms with Gasteiger partial charge in [0, 0.05) is 42.6 Å². The van der Waals surface area contributed by atoms with Gasteiger partial charge in [-0.3, -0.25) is 0 Å². The maximum Gasteiger partial charge on any atom is 0.0473 e. The van der Waals surface area contributed by atoms with Crippen molar-refractivity contribution in [2.45, 2.75) is 19.3 Å². The van der Waals surface area contributed by atoms with Crippen LogP contribution in [0.2, 0.25) is 0 Å². The minimum atomic E-state index is -0.0116. The molecular weight excluding hydrogens is 731 g/mol. The molecule has 280 valence electrons.